The molecule has 21 heavy (non-hydrogen) atoms. The van der Waals surface area contributed by atoms with E-state index >= 15 is 0 Å². The molecule has 120 valence electrons. The van der Waals surface area contributed by atoms with Crippen LogP contribution >= 0.6 is 0 Å². The molecule has 0 heterocycles. The quantitative estimate of drug-likeness (QED) is 0.844. The maximum atomic E-state index is 12.4. The summed E-state index contributed by atoms with van der Waals surface area (Å²) < 4.78 is 63.7. The van der Waals surface area contributed by atoms with Crippen LogP contribution in [-0.4, -0.2) is 20.5 Å². The highest BCUT2D eigenvalue weighted by atomic mass is 32.2. The van der Waals surface area contributed by atoms with Gasteiger partial charge in [-0.05, 0) is 37.1 Å². The van der Waals surface area contributed by atoms with E-state index in [2.05, 4.69) is 4.72 Å². The maximum absolute atomic E-state index is 12.4. The molecule has 8 heteroatoms. The smallest absolute Gasteiger partial charge is 0.324 e. The Labute approximate surface area is 122 Å². The molecule has 1 rings (SSSR count). The third-order valence-electron chi connectivity index (χ3n) is 3.51. The Balaban J connectivity index is 2.89. The fourth-order valence-electron chi connectivity index (χ4n) is 1.65. The number of hydrogen-bond acceptors (Lipinski definition) is 3. The summed E-state index contributed by atoms with van der Waals surface area (Å²) in [5.41, 5.74) is 4.43. The van der Waals surface area contributed by atoms with Crippen LogP contribution in [0.3, 0.4) is 0 Å². The van der Waals surface area contributed by atoms with E-state index < -0.39 is 27.3 Å². The van der Waals surface area contributed by atoms with Gasteiger partial charge in [0.05, 0.1) is 10.5 Å². The molecule has 0 saturated carbocycles. The zero-order valence-electron chi connectivity index (χ0n) is 11.9. The van der Waals surface area contributed by atoms with Crippen LogP contribution in [0.4, 0.5) is 13.2 Å². The molecule has 4 nitrogen and oxygen atoms in total. The van der Waals surface area contributed by atoms with Crippen molar-refractivity contribution >= 4 is 10.0 Å². The molecule has 1 aromatic rings. The normalized spacial score (nSPS) is 13.4. The predicted octanol–water partition coefficient (Wildman–Crippen LogP) is 2.50. The van der Waals surface area contributed by atoms with Gasteiger partial charge >= 0.3 is 6.18 Å². The summed E-state index contributed by atoms with van der Waals surface area (Å²) in [4.78, 5) is -0.218. The van der Waals surface area contributed by atoms with E-state index in [1.54, 1.807) is 0 Å². The van der Waals surface area contributed by atoms with Crippen molar-refractivity contribution < 1.29 is 21.6 Å². The summed E-state index contributed by atoms with van der Waals surface area (Å²) in [5, 5.41) is 0. The lowest BCUT2D eigenvalue weighted by atomic mass is 9.95. The van der Waals surface area contributed by atoms with Gasteiger partial charge in [-0.15, -0.1) is 0 Å². The third kappa shape index (κ3) is 4.69. The van der Waals surface area contributed by atoms with Gasteiger partial charge in [0, 0.05) is 12.1 Å². The molecule has 0 saturated heterocycles. The molecule has 0 atom stereocenters. The summed E-state index contributed by atoms with van der Waals surface area (Å²) in [6.07, 6.45) is -3.33. The van der Waals surface area contributed by atoms with Gasteiger partial charge < -0.3 is 5.73 Å². The molecule has 0 bridgehead atoms. The van der Waals surface area contributed by atoms with Crippen molar-refractivity contribution in [1.82, 2.24) is 4.72 Å². The second-order valence-corrected chi connectivity index (χ2v) is 6.68. The number of nitrogens with one attached hydrogen (secondary N) is 1. The molecule has 3 N–H and O–H groups in total. The van der Waals surface area contributed by atoms with E-state index in [0.717, 1.165) is 24.3 Å². The lowest BCUT2D eigenvalue weighted by Gasteiger charge is -2.26. The first kappa shape index (κ1) is 17.9. The molecular formula is C13H19F3N2O2S. The van der Waals surface area contributed by atoms with Crippen LogP contribution in [0.15, 0.2) is 29.2 Å². The van der Waals surface area contributed by atoms with Gasteiger partial charge in [0.2, 0.25) is 10.0 Å². The summed E-state index contributed by atoms with van der Waals surface area (Å²) in [6.45, 7) is 3.72. The second kappa shape index (κ2) is 6.33. The van der Waals surface area contributed by atoms with Gasteiger partial charge in [0.25, 0.3) is 0 Å². The van der Waals surface area contributed by atoms with E-state index in [1.165, 1.54) is 0 Å². The molecule has 0 aliphatic heterocycles. The van der Waals surface area contributed by atoms with Crippen LogP contribution in [-0.2, 0) is 16.2 Å². The predicted molar refractivity (Wildman–Crippen MR) is 74.1 cm³/mol. The van der Waals surface area contributed by atoms with Crippen molar-refractivity contribution in [3.05, 3.63) is 29.8 Å². The van der Waals surface area contributed by atoms with Crippen molar-refractivity contribution in [3.63, 3.8) is 0 Å². The molecule has 0 spiro atoms. The molecule has 1 aromatic carbocycles. The first-order valence-electron chi connectivity index (χ1n) is 6.50. The topological polar surface area (TPSA) is 72.2 Å². The first-order chi connectivity index (χ1) is 9.54. The Morgan fingerprint density at radius 2 is 1.57 bits per heavy atom. The molecule has 0 aliphatic rings. The highest BCUT2D eigenvalue weighted by molar-refractivity contribution is 7.89. The highest BCUT2D eigenvalue weighted by Crippen LogP contribution is 2.29. The second-order valence-electron chi connectivity index (χ2n) is 4.92. The van der Waals surface area contributed by atoms with Crippen LogP contribution in [0.2, 0.25) is 0 Å². The van der Waals surface area contributed by atoms with Crippen LogP contribution in [0.1, 0.15) is 32.3 Å². The maximum Gasteiger partial charge on any atom is 0.416 e. The average Bonchev–Trinajstić information content (AvgIpc) is 2.44. The van der Waals surface area contributed by atoms with Crippen molar-refractivity contribution in [2.24, 2.45) is 5.73 Å². The minimum Gasteiger partial charge on any atom is -0.324 e. The number of benzene rings is 1. The van der Waals surface area contributed by atoms with Gasteiger partial charge in [-0.3, -0.25) is 0 Å². The van der Waals surface area contributed by atoms with Crippen LogP contribution < -0.4 is 10.5 Å². The van der Waals surface area contributed by atoms with Crippen LogP contribution in [0.5, 0.6) is 0 Å². The third-order valence-corrected chi connectivity index (χ3v) is 4.93. The molecule has 0 fully saturated rings. The van der Waals surface area contributed by atoms with E-state index in [9.17, 15) is 21.6 Å². The number of nitrogens with two attached hydrogens (primary N) is 1. The summed E-state index contributed by atoms with van der Waals surface area (Å²) >= 11 is 0. The number of hydrogen-bond donors (Lipinski definition) is 2. The minimum atomic E-state index is -4.49. The number of sulfonamides is 1. The van der Waals surface area contributed by atoms with E-state index in [4.69, 9.17) is 5.73 Å². The Morgan fingerprint density at radius 3 is 1.95 bits per heavy atom. The van der Waals surface area contributed by atoms with Crippen molar-refractivity contribution in [2.45, 2.75) is 43.3 Å². The summed E-state index contributed by atoms with van der Waals surface area (Å²) in [7, 11) is -3.87. The van der Waals surface area contributed by atoms with Gasteiger partial charge in [-0.1, -0.05) is 13.8 Å². The lowest BCUT2D eigenvalue weighted by molar-refractivity contribution is -0.137. The van der Waals surface area contributed by atoms with E-state index in [1.807, 2.05) is 13.8 Å². The Morgan fingerprint density at radius 1 is 1.10 bits per heavy atom. The number of rotatable bonds is 6. The van der Waals surface area contributed by atoms with Gasteiger partial charge in [0.15, 0.2) is 0 Å². The van der Waals surface area contributed by atoms with Crippen molar-refractivity contribution in [2.75, 3.05) is 6.54 Å². The molecule has 0 radical (unpaired) electrons. The molecule has 0 amide bonds. The standard InChI is InChI=1S/C13H19F3N2O2S/c1-3-12(17,4-2)9-18-21(19,20)11-7-5-10(6-8-11)13(14,15)16/h5-8,18H,3-4,9,17H2,1-2H3. The largest absolute Gasteiger partial charge is 0.416 e. The SMILES string of the molecule is CCC(N)(CC)CNS(=O)(=O)c1ccc(C(F)(F)F)cc1. The first-order valence-corrected chi connectivity index (χ1v) is 7.98. The van der Waals surface area contributed by atoms with E-state index in [0.29, 0.717) is 12.8 Å². The van der Waals surface area contributed by atoms with Crippen molar-refractivity contribution in [1.29, 1.82) is 0 Å². The number of alkyl halides is 3. The Kier molecular flexibility index (Phi) is 5.40. The molecule has 0 aromatic heterocycles. The summed E-state index contributed by atoms with van der Waals surface area (Å²) in [6, 6.07) is 3.34. The minimum absolute atomic E-state index is 0.0311. The molecule has 0 unspecified atom stereocenters. The lowest BCUT2D eigenvalue weighted by Crippen LogP contribution is -2.49. The fraction of sp³-hybridized carbons (Fsp3) is 0.538. The fourth-order valence-corrected chi connectivity index (χ4v) is 2.78. The molecule has 0 aliphatic carbocycles. The number of halogens is 3. The monoisotopic (exact) mass is 324 g/mol. The Hall–Kier alpha value is -1.12. The average molecular weight is 324 g/mol. The van der Waals surface area contributed by atoms with E-state index in [-0.39, 0.29) is 11.4 Å². The van der Waals surface area contributed by atoms with Crippen LogP contribution in [0, 0.1) is 0 Å². The summed E-state index contributed by atoms with van der Waals surface area (Å²) in [5.74, 6) is 0. The Bertz CT molecular complexity index is 564. The molecular weight excluding hydrogens is 305 g/mol. The van der Waals surface area contributed by atoms with Crippen LogP contribution in [0.25, 0.3) is 0 Å². The van der Waals surface area contributed by atoms with Gasteiger partial charge in [0.1, 0.15) is 0 Å². The zero-order valence-corrected chi connectivity index (χ0v) is 12.7. The van der Waals surface area contributed by atoms with Gasteiger partial charge in [-0.25, -0.2) is 13.1 Å². The zero-order chi connectivity index (χ0) is 16.3. The van der Waals surface area contributed by atoms with Gasteiger partial charge in [-0.2, -0.15) is 13.2 Å². The highest BCUT2D eigenvalue weighted by Gasteiger charge is 2.31. The van der Waals surface area contributed by atoms with Crippen molar-refractivity contribution in [3.8, 4) is 0 Å².